The van der Waals surface area contributed by atoms with E-state index in [9.17, 15) is 4.79 Å². The first-order chi connectivity index (χ1) is 14.5. The molecule has 0 radical (unpaired) electrons. The van der Waals surface area contributed by atoms with Crippen molar-refractivity contribution in [2.75, 3.05) is 19.0 Å². The fourth-order valence-corrected chi connectivity index (χ4v) is 3.98. The van der Waals surface area contributed by atoms with Gasteiger partial charge in [0, 0.05) is 0 Å². The number of ether oxygens (including phenoxy) is 2. The van der Waals surface area contributed by atoms with Crippen LogP contribution in [-0.4, -0.2) is 45.1 Å². The molecule has 1 N–H and O–H groups in total. The van der Waals surface area contributed by atoms with Gasteiger partial charge in [0.25, 0.3) is 0 Å². The minimum atomic E-state index is -0.163. The molecule has 0 bridgehead atoms. The van der Waals surface area contributed by atoms with Gasteiger partial charge in [0.15, 0.2) is 11.5 Å². The molecular weight excluding hydrogens is 402 g/mol. The van der Waals surface area contributed by atoms with Gasteiger partial charge in [0.1, 0.15) is 13.2 Å². The highest BCUT2D eigenvalue weighted by molar-refractivity contribution is 7.99. The summed E-state index contributed by atoms with van der Waals surface area (Å²) in [7, 11) is 0. The van der Waals surface area contributed by atoms with Crippen molar-refractivity contribution in [1.82, 2.24) is 25.5 Å². The first kappa shape index (κ1) is 20.2. The van der Waals surface area contributed by atoms with Crippen molar-refractivity contribution in [3.63, 3.8) is 0 Å². The van der Waals surface area contributed by atoms with Crippen molar-refractivity contribution in [2.24, 2.45) is 0 Å². The summed E-state index contributed by atoms with van der Waals surface area (Å²) < 4.78 is 12.8. The van der Waals surface area contributed by atoms with Crippen molar-refractivity contribution in [3.8, 4) is 17.2 Å². The number of carbonyl (C=O) groups excluding carboxylic acids is 1. The molecule has 2 aromatic carbocycles. The Hall–Kier alpha value is -3.07. The molecule has 0 saturated heterocycles. The number of hydrogen-bond acceptors (Lipinski definition) is 7. The maximum Gasteiger partial charge on any atom is 0.230 e. The zero-order valence-corrected chi connectivity index (χ0v) is 17.9. The predicted molar refractivity (Wildman–Crippen MR) is 113 cm³/mol. The molecule has 1 aliphatic heterocycles. The zero-order chi connectivity index (χ0) is 21.1. The average molecular weight is 426 g/mol. The summed E-state index contributed by atoms with van der Waals surface area (Å²) in [5.41, 5.74) is 4.10. The Morgan fingerprint density at radius 3 is 2.77 bits per heavy atom. The number of rotatable bonds is 6. The van der Waals surface area contributed by atoms with E-state index in [4.69, 9.17) is 9.47 Å². The lowest BCUT2D eigenvalue weighted by molar-refractivity contribution is -0.119. The first-order valence-electron chi connectivity index (χ1n) is 9.69. The average Bonchev–Trinajstić information content (AvgIpc) is 3.20. The summed E-state index contributed by atoms with van der Waals surface area (Å²) in [6, 6.07) is 11.6. The molecule has 9 heteroatoms. The highest BCUT2D eigenvalue weighted by atomic mass is 32.2. The highest BCUT2D eigenvalue weighted by Gasteiger charge is 2.17. The number of hydrogen-bond donors (Lipinski definition) is 1. The third-order valence-electron chi connectivity index (χ3n) is 4.80. The summed E-state index contributed by atoms with van der Waals surface area (Å²) in [6.07, 6.45) is 0. The molecule has 1 amide bonds. The maximum atomic E-state index is 12.5. The summed E-state index contributed by atoms with van der Waals surface area (Å²) in [4.78, 5) is 12.5. The number of tetrazole rings is 1. The van der Waals surface area contributed by atoms with Crippen LogP contribution in [-0.2, 0) is 4.79 Å². The maximum absolute atomic E-state index is 12.5. The smallest absolute Gasteiger partial charge is 0.230 e. The van der Waals surface area contributed by atoms with Gasteiger partial charge < -0.3 is 14.8 Å². The van der Waals surface area contributed by atoms with Gasteiger partial charge in [0.2, 0.25) is 11.1 Å². The van der Waals surface area contributed by atoms with E-state index >= 15 is 0 Å². The van der Waals surface area contributed by atoms with Gasteiger partial charge in [-0.2, -0.15) is 4.68 Å². The van der Waals surface area contributed by atoms with Crippen LogP contribution in [0.5, 0.6) is 11.5 Å². The van der Waals surface area contributed by atoms with Crippen molar-refractivity contribution >= 4 is 17.7 Å². The Morgan fingerprint density at radius 2 is 1.97 bits per heavy atom. The standard InChI is InChI=1S/C21H23N5O3S/c1-13-4-6-17(14(2)10-13)26-21(23-24-25-26)30-12-20(27)22-15(3)16-5-7-18-19(11-16)29-9-8-28-18/h4-7,10-11,15H,8-9,12H2,1-3H3,(H,22,27). The van der Waals surface area contributed by atoms with Crippen LogP contribution >= 0.6 is 11.8 Å². The Morgan fingerprint density at radius 1 is 1.17 bits per heavy atom. The third kappa shape index (κ3) is 4.40. The van der Waals surface area contributed by atoms with Gasteiger partial charge in [-0.05, 0) is 60.5 Å². The van der Waals surface area contributed by atoms with Crippen LogP contribution in [0, 0.1) is 13.8 Å². The molecule has 1 aliphatic rings. The molecule has 8 nitrogen and oxygen atoms in total. The first-order valence-corrected chi connectivity index (χ1v) is 10.7. The van der Waals surface area contributed by atoms with E-state index in [1.165, 1.54) is 17.3 Å². The molecule has 0 fully saturated rings. The van der Waals surface area contributed by atoms with Crippen molar-refractivity contribution in [3.05, 3.63) is 53.1 Å². The van der Waals surface area contributed by atoms with E-state index in [0.29, 0.717) is 24.1 Å². The van der Waals surface area contributed by atoms with E-state index in [-0.39, 0.29) is 17.7 Å². The quantitative estimate of drug-likeness (QED) is 0.607. The van der Waals surface area contributed by atoms with Gasteiger partial charge in [0.05, 0.1) is 17.5 Å². The second kappa shape index (κ2) is 8.74. The molecule has 4 rings (SSSR count). The number of aromatic nitrogens is 4. The molecule has 3 aromatic rings. The lowest BCUT2D eigenvalue weighted by Crippen LogP contribution is -2.28. The molecule has 1 unspecified atom stereocenters. The van der Waals surface area contributed by atoms with Gasteiger partial charge in [-0.1, -0.05) is 35.5 Å². The van der Waals surface area contributed by atoms with Crippen molar-refractivity contribution < 1.29 is 14.3 Å². The lowest BCUT2D eigenvalue weighted by Gasteiger charge is -2.21. The van der Waals surface area contributed by atoms with E-state index in [2.05, 4.69) is 26.9 Å². The Labute approximate surface area is 179 Å². The fraction of sp³-hybridized carbons (Fsp3) is 0.333. The topological polar surface area (TPSA) is 91.2 Å². The van der Waals surface area contributed by atoms with Crippen LogP contribution in [0.15, 0.2) is 41.6 Å². The van der Waals surface area contributed by atoms with Gasteiger partial charge >= 0.3 is 0 Å². The molecular formula is C21H23N5O3S. The monoisotopic (exact) mass is 425 g/mol. The lowest BCUT2D eigenvalue weighted by atomic mass is 10.1. The predicted octanol–water partition coefficient (Wildman–Crippen LogP) is 3.02. The Kier molecular flexibility index (Phi) is 5.89. The van der Waals surface area contributed by atoms with E-state index < -0.39 is 0 Å². The number of aryl methyl sites for hydroxylation is 2. The number of carbonyl (C=O) groups is 1. The molecule has 1 aromatic heterocycles. The van der Waals surface area contributed by atoms with E-state index in [1.807, 2.05) is 51.1 Å². The van der Waals surface area contributed by atoms with Gasteiger partial charge in [-0.15, -0.1) is 5.10 Å². The number of fused-ring (bicyclic) bond motifs is 1. The Balaban J connectivity index is 1.38. The molecule has 0 saturated carbocycles. The van der Waals surface area contributed by atoms with Crippen LogP contribution in [0.1, 0.15) is 29.7 Å². The number of nitrogens with one attached hydrogen (secondary N) is 1. The van der Waals surface area contributed by atoms with Crippen LogP contribution in [0.4, 0.5) is 0 Å². The normalized spacial score (nSPS) is 13.7. The number of thioether (sulfide) groups is 1. The molecule has 0 aliphatic carbocycles. The summed E-state index contributed by atoms with van der Waals surface area (Å²) in [5, 5.41) is 15.5. The van der Waals surface area contributed by atoms with Crippen LogP contribution < -0.4 is 14.8 Å². The van der Waals surface area contributed by atoms with E-state index in [1.54, 1.807) is 4.68 Å². The van der Waals surface area contributed by atoms with Gasteiger partial charge in [-0.3, -0.25) is 4.79 Å². The highest BCUT2D eigenvalue weighted by Crippen LogP contribution is 2.32. The second-order valence-electron chi connectivity index (χ2n) is 7.14. The summed E-state index contributed by atoms with van der Waals surface area (Å²) in [5.74, 6) is 1.55. The number of amides is 1. The summed E-state index contributed by atoms with van der Waals surface area (Å²) >= 11 is 1.30. The zero-order valence-electron chi connectivity index (χ0n) is 17.1. The molecule has 1 atom stereocenters. The van der Waals surface area contributed by atoms with Crippen LogP contribution in [0.2, 0.25) is 0 Å². The molecule has 2 heterocycles. The molecule has 30 heavy (non-hydrogen) atoms. The third-order valence-corrected chi connectivity index (χ3v) is 5.72. The molecule has 0 spiro atoms. The van der Waals surface area contributed by atoms with Crippen molar-refractivity contribution in [2.45, 2.75) is 32.0 Å². The minimum Gasteiger partial charge on any atom is -0.486 e. The largest absolute Gasteiger partial charge is 0.486 e. The fourth-order valence-electron chi connectivity index (χ4n) is 3.29. The van der Waals surface area contributed by atoms with Gasteiger partial charge in [-0.25, -0.2) is 0 Å². The summed E-state index contributed by atoms with van der Waals surface area (Å²) in [6.45, 7) is 7.08. The van der Waals surface area contributed by atoms with Crippen LogP contribution in [0.25, 0.3) is 5.69 Å². The van der Waals surface area contributed by atoms with Crippen molar-refractivity contribution in [1.29, 1.82) is 0 Å². The minimum absolute atomic E-state index is 0.0995. The number of benzene rings is 2. The van der Waals surface area contributed by atoms with Crippen LogP contribution in [0.3, 0.4) is 0 Å². The van der Waals surface area contributed by atoms with E-state index in [0.717, 1.165) is 22.6 Å². The molecule has 156 valence electrons. The number of nitrogens with zero attached hydrogens (tertiary/aromatic N) is 4. The second-order valence-corrected chi connectivity index (χ2v) is 8.09. The SMILES string of the molecule is Cc1ccc(-n2nnnc2SCC(=O)NC(C)c2ccc3c(c2)OCCO3)c(C)c1. The Bertz CT molecular complexity index is 1070.